The SMILES string of the molecule is O=C(O)c1ccc(Cl)c(S(=O)(=O)N2CCSCC2)c1. The molecule has 1 saturated heterocycles. The molecule has 0 atom stereocenters. The monoisotopic (exact) mass is 321 g/mol. The average molecular weight is 322 g/mol. The van der Waals surface area contributed by atoms with Gasteiger partial charge in [-0.05, 0) is 18.2 Å². The van der Waals surface area contributed by atoms with Crippen molar-refractivity contribution < 1.29 is 18.3 Å². The maximum atomic E-state index is 12.4. The van der Waals surface area contributed by atoms with Crippen molar-refractivity contribution in [3.63, 3.8) is 0 Å². The molecule has 1 heterocycles. The molecule has 1 aromatic carbocycles. The summed E-state index contributed by atoms with van der Waals surface area (Å²) in [6.07, 6.45) is 0. The molecule has 0 aliphatic carbocycles. The number of halogens is 1. The van der Waals surface area contributed by atoms with Gasteiger partial charge < -0.3 is 5.11 Å². The lowest BCUT2D eigenvalue weighted by molar-refractivity contribution is 0.0696. The second kappa shape index (κ2) is 5.70. The van der Waals surface area contributed by atoms with E-state index in [1.54, 1.807) is 11.8 Å². The van der Waals surface area contributed by atoms with Crippen molar-refractivity contribution in [3.8, 4) is 0 Å². The Morgan fingerprint density at radius 2 is 1.95 bits per heavy atom. The third kappa shape index (κ3) is 3.05. The molecular weight excluding hydrogens is 310 g/mol. The highest BCUT2D eigenvalue weighted by Gasteiger charge is 2.28. The highest BCUT2D eigenvalue weighted by atomic mass is 35.5. The van der Waals surface area contributed by atoms with Crippen LogP contribution in [0.3, 0.4) is 0 Å². The van der Waals surface area contributed by atoms with Gasteiger partial charge in [-0.15, -0.1) is 0 Å². The van der Waals surface area contributed by atoms with Crippen molar-refractivity contribution in [1.29, 1.82) is 0 Å². The van der Waals surface area contributed by atoms with Gasteiger partial charge in [0, 0.05) is 24.6 Å². The quantitative estimate of drug-likeness (QED) is 0.918. The summed E-state index contributed by atoms with van der Waals surface area (Å²) < 4.78 is 26.2. The lowest BCUT2D eigenvalue weighted by Crippen LogP contribution is -2.38. The molecule has 1 aliphatic rings. The first-order valence-electron chi connectivity index (χ1n) is 5.53. The standard InChI is InChI=1S/C11H12ClNO4S2/c12-9-2-1-8(11(14)15)7-10(9)19(16,17)13-3-5-18-6-4-13/h1-2,7H,3-6H2,(H,14,15). The van der Waals surface area contributed by atoms with Crippen LogP contribution in [0.4, 0.5) is 0 Å². The van der Waals surface area contributed by atoms with Crippen molar-refractivity contribution in [1.82, 2.24) is 4.31 Å². The number of carbonyl (C=O) groups is 1. The van der Waals surface area contributed by atoms with Crippen LogP contribution in [0.2, 0.25) is 5.02 Å². The summed E-state index contributed by atoms with van der Waals surface area (Å²) in [6, 6.07) is 3.70. The highest BCUT2D eigenvalue weighted by Crippen LogP contribution is 2.27. The van der Waals surface area contributed by atoms with Crippen molar-refractivity contribution in [3.05, 3.63) is 28.8 Å². The molecule has 19 heavy (non-hydrogen) atoms. The molecule has 1 aromatic rings. The molecule has 0 unspecified atom stereocenters. The molecular formula is C11H12ClNO4S2. The van der Waals surface area contributed by atoms with Gasteiger partial charge in [0.2, 0.25) is 10.0 Å². The van der Waals surface area contributed by atoms with Crippen LogP contribution in [0.15, 0.2) is 23.1 Å². The number of thioether (sulfide) groups is 1. The van der Waals surface area contributed by atoms with Gasteiger partial charge in [0.1, 0.15) is 4.90 Å². The van der Waals surface area contributed by atoms with Crippen LogP contribution in [-0.2, 0) is 10.0 Å². The molecule has 0 radical (unpaired) electrons. The second-order valence-corrected chi connectivity index (χ2v) is 7.51. The average Bonchev–Trinajstić information content (AvgIpc) is 2.39. The molecule has 8 heteroatoms. The van der Waals surface area contributed by atoms with Crippen LogP contribution in [0.5, 0.6) is 0 Å². The number of aromatic carboxylic acids is 1. The topological polar surface area (TPSA) is 74.7 Å². The van der Waals surface area contributed by atoms with E-state index >= 15 is 0 Å². The largest absolute Gasteiger partial charge is 0.478 e. The highest BCUT2D eigenvalue weighted by molar-refractivity contribution is 7.99. The molecule has 1 aliphatic heterocycles. The molecule has 0 spiro atoms. The molecule has 1 fully saturated rings. The summed E-state index contributed by atoms with van der Waals surface area (Å²) >= 11 is 7.59. The van der Waals surface area contributed by atoms with Gasteiger partial charge in [0.25, 0.3) is 0 Å². The van der Waals surface area contributed by atoms with Crippen LogP contribution in [0, 0.1) is 0 Å². The first kappa shape index (κ1) is 14.6. The van der Waals surface area contributed by atoms with E-state index in [2.05, 4.69) is 0 Å². The minimum Gasteiger partial charge on any atom is -0.478 e. The smallest absolute Gasteiger partial charge is 0.335 e. The molecule has 0 amide bonds. The van der Waals surface area contributed by atoms with Gasteiger partial charge >= 0.3 is 5.97 Å². The fourth-order valence-corrected chi connectivity index (χ4v) is 4.84. The van der Waals surface area contributed by atoms with Gasteiger partial charge in [0.05, 0.1) is 10.6 Å². The Kier molecular flexibility index (Phi) is 4.39. The van der Waals surface area contributed by atoms with Crippen LogP contribution >= 0.6 is 23.4 Å². The van der Waals surface area contributed by atoms with E-state index < -0.39 is 16.0 Å². The summed E-state index contributed by atoms with van der Waals surface area (Å²) in [5, 5.41) is 8.97. The Bertz CT molecular complexity index is 597. The fourth-order valence-electron chi connectivity index (χ4n) is 1.76. The van der Waals surface area contributed by atoms with Gasteiger partial charge in [-0.2, -0.15) is 16.1 Å². The number of benzene rings is 1. The number of carboxylic acids is 1. The van der Waals surface area contributed by atoms with E-state index in [0.29, 0.717) is 13.1 Å². The predicted octanol–water partition coefficient (Wildman–Crippen LogP) is 1.78. The van der Waals surface area contributed by atoms with Crippen molar-refractivity contribution in [2.45, 2.75) is 4.90 Å². The normalized spacial score (nSPS) is 17.3. The zero-order valence-electron chi connectivity index (χ0n) is 9.87. The van der Waals surface area contributed by atoms with E-state index in [1.165, 1.54) is 16.4 Å². The lowest BCUT2D eigenvalue weighted by Gasteiger charge is -2.26. The fraction of sp³-hybridized carbons (Fsp3) is 0.364. The Hall–Kier alpha value is -0.760. The minimum atomic E-state index is -3.72. The minimum absolute atomic E-state index is 0.0447. The summed E-state index contributed by atoms with van der Waals surface area (Å²) in [6.45, 7) is 0.835. The second-order valence-electron chi connectivity index (χ2n) is 3.97. The summed E-state index contributed by atoms with van der Waals surface area (Å²) in [5.41, 5.74) is -0.0886. The number of hydrogen-bond donors (Lipinski definition) is 1. The van der Waals surface area contributed by atoms with Gasteiger partial charge in [-0.25, -0.2) is 13.2 Å². The maximum absolute atomic E-state index is 12.4. The molecule has 1 N–H and O–H groups in total. The summed E-state index contributed by atoms with van der Waals surface area (Å²) in [4.78, 5) is 10.8. The number of carboxylic acid groups (broad SMARTS) is 1. The molecule has 0 bridgehead atoms. The third-order valence-corrected chi connectivity index (χ3v) is 6.09. The van der Waals surface area contributed by atoms with E-state index in [4.69, 9.17) is 16.7 Å². The van der Waals surface area contributed by atoms with E-state index in [0.717, 1.165) is 17.6 Å². The number of sulfonamides is 1. The van der Waals surface area contributed by atoms with E-state index in [9.17, 15) is 13.2 Å². The van der Waals surface area contributed by atoms with E-state index in [1.807, 2.05) is 0 Å². The van der Waals surface area contributed by atoms with Crippen molar-refractivity contribution in [2.24, 2.45) is 0 Å². The van der Waals surface area contributed by atoms with Crippen LogP contribution in [-0.4, -0.2) is 48.4 Å². The first-order valence-corrected chi connectivity index (χ1v) is 8.51. The van der Waals surface area contributed by atoms with Gasteiger partial charge in [-0.1, -0.05) is 11.6 Å². The molecule has 0 saturated carbocycles. The Labute approximate surface area is 120 Å². The Morgan fingerprint density at radius 3 is 2.53 bits per heavy atom. The molecule has 0 aromatic heterocycles. The third-order valence-electron chi connectivity index (χ3n) is 2.77. The van der Waals surface area contributed by atoms with Crippen LogP contribution in [0.25, 0.3) is 0 Å². The number of rotatable bonds is 3. The van der Waals surface area contributed by atoms with Crippen LogP contribution < -0.4 is 0 Å². The van der Waals surface area contributed by atoms with E-state index in [-0.39, 0.29) is 15.5 Å². The molecule has 5 nitrogen and oxygen atoms in total. The number of hydrogen-bond acceptors (Lipinski definition) is 4. The van der Waals surface area contributed by atoms with Gasteiger partial charge in [0.15, 0.2) is 0 Å². The zero-order chi connectivity index (χ0) is 14.0. The number of nitrogens with zero attached hydrogens (tertiary/aromatic N) is 1. The van der Waals surface area contributed by atoms with Crippen LogP contribution in [0.1, 0.15) is 10.4 Å². The summed E-state index contributed by atoms with van der Waals surface area (Å²) in [5.74, 6) is 0.285. The summed E-state index contributed by atoms with van der Waals surface area (Å²) in [7, 11) is -3.72. The Morgan fingerprint density at radius 1 is 1.32 bits per heavy atom. The lowest BCUT2D eigenvalue weighted by atomic mass is 10.2. The maximum Gasteiger partial charge on any atom is 0.335 e. The Balaban J connectivity index is 2.44. The van der Waals surface area contributed by atoms with Crippen molar-refractivity contribution >= 4 is 39.4 Å². The predicted molar refractivity (Wildman–Crippen MR) is 74.5 cm³/mol. The van der Waals surface area contributed by atoms with Crippen molar-refractivity contribution in [2.75, 3.05) is 24.6 Å². The molecule has 2 rings (SSSR count). The zero-order valence-corrected chi connectivity index (χ0v) is 12.3. The first-order chi connectivity index (χ1) is 8.93. The molecule has 104 valence electrons. The van der Waals surface area contributed by atoms with Gasteiger partial charge in [-0.3, -0.25) is 0 Å².